The monoisotopic (exact) mass is 336 g/mol. The number of carbonyl (C=O) groups is 1. The van der Waals surface area contributed by atoms with Crippen LogP contribution in [0.4, 0.5) is 5.82 Å². The number of esters is 1. The van der Waals surface area contributed by atoms with E-state index in [2.05, 4.69) is 10.3 Å². The summed E-state index contributed by atoms with van der Waals surface area (Å²) in [6.07, 6.45) is 0. The van der Waals surface area contributed by atoms with Crippen LogP contribution in [0.3, 0.4) is 0 Å². The highest BCUT2D eigenvalue weighted by Crippen LogP contribution is 2.21. The zero-order valence-corrected chi connectivity index (χ0v) is 14.3. The molecule has 0 aliphatic heterocycles. The van der Waals surface area contributed by atoms with E-state index in [4.69, 9.17) is 9.47 Å². The van der Waals surface area contributed by atoms with Crippen molar-refractivity contribution in [3.63, 3.8) is 0 Å². The van der Waals surface area contributed by atoms with Gasteiger partial charge in [-0.3, -0.25) is 0 Å². The Morgan fingerprint density at radius 3 is 2.76 bits per heavy atom. The molecular formula is C20H20N2O3. The number of ether oxygens (including phenoxy) is 2. The van der Waals surface area contributed by atoms with E-state index < -0.39 is 0 Å². The molecule has 0 saturated heterocycles. The molecule has 3 rings (SSSR count). The van der Waals surface area contributed by atoms with Crippen LogP contribution >= 0.6 is 0 Å². The van der Waals surface area contributed by atoms with Crippen molar-refractivity contribution in [2.24, 2.45) is 0 Å². The molecule has 0 aliphatic carbocycles. The first-order valence-corrected chi connectivity index (χ1v) is 8.15. The molecule has 0 bridgehead atoms. The molecule has 0 fully saturated rings. The number of carbonyl (C=O) groups excluding carboxylic acids is 1. The first-order chi connectivity index (χ1) is 12.2. The second kappa shape index (κ2) is 7.66. The van der Waals surface area contributed by atoms with Crippen molar-refractivity contribution in [3.05, 3.63) is 65.7 Å². The summed E-state index contributed by atoms with van der Waals surface area (Å²) in [5.74, 6) is 1.29. The molecule has 128 valence electrons. The number of fused-ring (bicyclic) bond motifs is 1. The van der Waals surface area contributed by atoms with Gasteiger partial charge in [-0.1, -0.05) is 18.2 Å². The van der Waals surface area contributed by atoms with Crippen molar-refractivity contribution < 1.29 is 14.3 Å². The molecule has 3 aromatic rings. The Bertz CT molecular complexity index is 893. The lowest BCUT2D eigenvalue weighted by molar-refractivity contribution is 0.0526. The molecule has 0 atom stereocenters. The fourth-order valence-corrected chi connectivity index (χ4v) is 2.60. The molecule has 0 spiro atoms. The van der Waals surface area contributed by atoms with Gasteiger partial charge in [0.25, 0.3) is 0 Å². The van der Waals surface area contributed by atoms with Gasteiger partial charge in [0.05, 0.1) is 24.8 Å². The van der Waals surface area contributed by atoms with Crippen LogP contribution in [-0.2, 0) is 11.3 Å². The van der Waals surface area contributed by atoms with Gasteiger partial charge >= 0.3 is 5.97 Å². The Hall–Kier alpha value is -3.08. The van der Waals surface area contributed by atoms with E-state index in [1.807, 2.05) is 42.5 Å². The minimum Gasteiger partial charge on any atom is -0.496 e. The van der Waals surface area contributed by atoms with E-state index in [0.29, 0.717) is 18.7 Å². The molecule has 1 aromatic heterocycles. The van der Waals surface area contributed by atoms with Crippen molar-refractivity contribution in [1.29, 1.82) is 0 Å². The Balaban J connectivity index is 1.77. The number of benzene rings is 2. The van der Waals surface area contributed by atoms with E-state index >= 15 is 0 Å². The second-order valence-electron chi connectivity index (χ2n) is 5.49. The van der Waals surface area contributed by atoms with Gasteiger partial charge in [-0.25, -0.2) is 9.78 Å². The smallest absolute Gasteiger partial charge is 0.338 e. The summed E-state index contributed by atoms with van der Waals surface area (Å²) in [5.41, 5.74) is 2.41. The maximum Gasteiger partial charge on any atom is 0.338 e. The third-order valence-electron chi connectivity index (χ3n) is 3.85. The van der Waals surface area contributed by atoms with Crippen LogP contribution in [0.25, 0.3) is 10.9 Å². The molecule has 0 unspecified atom stereocenters. The number of nitrogens with one attached hydrogen (secondary N) is 1. The summed E-state index contributed by atoms with van der Waals surface area (Å²) in [7, 11) is 1.66. The topological polar surface area (TPSA) is 60.5 Å². The van der Waals surface area contributed by atoms with Crippen LogP contribution in [0.2, 0.25) is 0 Å². The molecule has 0 aliphatic rings. The van der Waals surface area contributed by atoms with E-state index in [-0.39, 0.29) is 5.97 Å². The second-order valence-corrected chi connectivity index (χ2v) is 5.49. The molecule has 0 radical (unpaired) electrons. The zero-order valence-electron chi connectivity index (χ0n) is 14.3. The minimum absolute atomic E-state index is 0.317. The largest absolute Gasteiger partial charge is 0.496 e. The van der Waals surface area contributed by atoms with E-state index in [1.54, 1.807) is 26.2 Å². The van der Waals surface area contributed by atoms with Crippen molar-refractivity contribution in [3.8, 4) is 5.75 Å². The summed E-state index contributed by atoms with van der Waals surface area (Å²) in [6.45, 7) is 2.77. The molecule has 25 heavy (non-hydrogen) atoms. The van der Waals surface area contributed by atoms with Crippen LogP contribution in [-0.4, -0.2) is 24.7 Å². The van der Waals surface area contributed by atoms with Crippen LogP contribution in [0.1, 0.15) is 22.8 Å². The number of para-hydroxylation sites is 1. The highest BCUT2D eigenvalue weighted by molar-refractivity contribution is 5.94. The normalized spacial score (nSPS) is 10.5. The van der Waals surface area contributed by atoms with E-state index in [0.717, 1.165) is 28.0 Å². The molecule has 5 heteroatoms. The average Bonchev–Trinajstić information content (AvgIpc) is 2.66. The summed E-state index contributed by atoms with van der Waals surface area (Å²) in [6, 6.07) is 17.1. The first-order valence-electron chi connectivity index (χ1n) is 8.15. The molecular weight excluding hydrogens is 316 g/mol. The number of methoxy groups -OCH3 is 1. The van der Waals surface area contributed by atoms with Gasteiger partial charge in [-0.2, -0.15) is 0 Å². The SMILES string of the molecule is CCOC(=O)c1ccc2nc(NCc3ccccc3OC)ccc2c1. The van der Waals surface area contributed by atoms with Gasteiger partial charge in [-0.05, 0) is 43.3 Å². The number of nitrogens with zero attached hydrogens (tertiary/aromatic N) is 1. The number of aromatic nitrogens is 1. The predicted molar refractivity (Wildman–Crippen MR) is 98.0 cm³/mol. The van der Waals surface area contributed by atoms with Crippen LogP contribution in [0, 0.1) is 0 Å². The molecule has 0 saturated carbocycles. The summed E-state index contributed by atoms with van der Waals surface area (Å²) >= 11 is 0. The fourth-order valence-electron chi connectivity index (χ4n) is 2.60. The van der Waals surface area contributed by atoms with Gasteiger partial charge in [0.1, 0.15) is 11.6 Å². The van der Waals surface area contributed by atoms with Crippen molar-refractivity contribution in [2.75, 3.05) is 19.0 Å². The summed E-state index contributed by atoms with van der Waals surface area (Å²) in [5, 5.41) is 4.20. The lowest BCUT2D eigenvalue weighted by Gasteiger charge is -2.10. The van der Waals surface area contributed by atoms with Crippen LogP contribution < -0.4 is 10.1 Å². The highest BCUT2D eigenvalue weighted by atomic mass is 16.5. The van der Waals surface area contributed by atoms with Crippen LogP contribution in [0.5, 0.6) is 5.75 Å². The molecule has 0 amide bonds. The number of hydrogen-bond donors (Lipinski definition) is 1. The number of rotatable bonds is 6. The molecule has 1 N–H and O–H groups in total. The standard InChI is InChI=1S/C20H20N2O3/c1-3-25-20(23)15-8-10-17-14(12-15)9-11-19(22-17)21-13-16-6-4-5-7-18(16)24-2/h4-12H,3,13H2,1-2H3,(H,21,22). The first kappa shape index (κ1) is 16.8. The predicted octanol–water partition coefficient (Wildman–Crippen LogP) is 4.03. The number of anilines is 1. The van der Waals surface area contributed by atoms with Gasteiger partial charge < -0.3 is 14.8 Å². The molecule has 1 heterocycles. The third kappa shape index (κ3) is 3.88. The molecule has 2 aromatic carbocycles. The molecule has 5 nitrogen and oxygen atoms in total. The number of pyridine rings is 1. The Kier molecular flexibility index (Phi) is 5.14. The minimum atomic E-state index is -0.317. The maximum atomic E-state index is 11.8. The van der Waals surface area contributed by atoms with E-state index in [1.165, 1.54) is 0 Å². The highest BCUT2D eigenvalue weighted by Gasteiger charge is 2.08. The Morgan fingerprint density at radius 1 is 1.12 bits per heavy atom. The zero-order chi connectivity index (χ0) is 17.6. The average molecular weight is 336 g/mol. The van der Waals surface area contributed by atoms with Crippen LogP contribution in [0.15, 0.2) is 54.6 Å². The van der Waals surface area contributed by atoms with Gasteiger partial charge in [0.15, 0.2) is 0 Å². The van der Waals surface area contributed by atoms with Gasteiger partial charge in [-0.15, -0.1) is 0 Å². The maximum absolute atomic E-state index is 11.8. The van der Waals surface area contributed by atoms with Gasteiger partial charge in [0.2, 0.25) is 0 Å². The van der Waals surface area contributed by atoms with Gasteiger partial charge in [0, 0.05) is 17.5 Å². The van der Waals surface area contributed by atoms with E-state index in [9.17, 15) is 4.79 Å². The lowest BCUT2D eigenvalue weighted by Crippen LogP contribution is -2.05. The number of hydrogen-bond acceptors (Lipinski definition) is 5. The quantitative estimate of drug-likeness (QED) is 0.689. The van der Waals surface area contributed by atoms with Crippen molar-refractivity contribution >= 4 is 22.7 Å². The Labute approximate surface area is 146 Å². The Morgan fingerprint density at radius 2 is 1.96 bits per heavy atom. The lowest BCUT2D eigenvalue weighted by atomic mass is 10.1. The third-order valence-corrected chi connectivity index (χ3v) is 3.85. The summed E-state index contributed by atoms with van der Waals surface area (Å²) < 4.78 is 10.4. The fraction of sp³-hybridized carbons (Fsp3) is 0.200. The summed E-state index contributed by atoms with van der Waals surface area (Å²) in [4.78, 5) is 16.4. The van der Waals surface area contributed by atoms with Crippen molar-refractivity contribution in [2.45, 2.75) is 13.5 Å². The van der Waals surface area contributed by atoms with Crippen molar-refractivity contribution in [1.82, 2.24) is 4.98 Å².